The predicted octanol–water partition coefficient (Wildman–Crippen LogP) is 4.86. The Morgan fingerprint density at radius 1 is 1.10 bits per heavy atom. The molecule has 2 aromatic rings. The maximum absolute atomic E-state index is 13.6. The summed E-state index contributed by atoms with van der Waals surface area (Å²) < 4.78 is 27.1. The fraction of sp³-hybridized carbons (Fsp3) is 0.250. The number of benzene rings is 2. The third-order valence-electron chi connectivity index (χ3n) is 3.25. The quantitative estimate of drug-likeness (QED) is 0.830. The molecular weight excluding hydrogens is 280 g/mol. The average molecular weight is 296 g/mol. The average Bonchev–Trinajstić information content (AvgIpc) is 2.42. The second-order valence-electron chi connectivity index (χ2n) is 4.60. The molecule has 0 heterocycles. The molecule has 0 aliphatic heterocycles. The van der Waals surface area contributed by atoms with E-state index in [0.717, 1.165) is 12.0 Å². The van der Waals surface area contributed by atoms with Gasteiger partial charge in [0.1, 0.15) is 11.6 Å². The standard InChI is InChI=1S/C16H16ClF2N/c1-2-16(11-5-3-6-12(17)9-11)20-10-13-14(18)7-4-8-15(13)19/h3-9,16,20H,2,10H2,1H3. The third-order valence-corrected chi connectivity index (χ3v) is 3.48. The molecule has 1 nitrogen and oxygen atoms in total. The molecular formula is C16H16ClF2N. The zero-order chi connectivity index (χ0) is 14.5. The molecule has 1 N–H and O–H groups in total. The van der Waals surface area contributed by atoms with E-state index in [1.54, 1.807) is 6.07 Å². The molecule has 0 amide bonds. The summed E-state index contributed by atoms with van der Waals surface area (Å²) in [7, 11) is 0. The van der Waals surface area contributed by atoms with E-state index in [-0.39, 0.29) is 18.2 Å². The van der Waals surface area contributed by atoms with Gasteiger partial charge in [0.15, 0.2) is 0 Å². The monoisotopic (exact) mass is 295 g/mol. The predicted molar refractivity (Wildman–Crippen MR) is 77.7 cm³/mol. The van der Waals surface area contributed by atoms with Crippen molar-refractivity contribution in [2.75, 3.05) is 0 Å². The van der Waals surface area contributed by atoms with Crippen molar-refractivity contribution in [3.63, 3.8) is 0 Å². The minimum atomic E-state index is -0.529. The van der Waals surface area contributed by atoms with Crippen LogP contribution in [0.2, 0.25) is 5.02 Å². The van der Waals surface area contributed by atoms with E-state index < -0.39 is 11.6 Å². The smallest absolute Gasteiger partial charge is 0.130 e. The van der Waals surface area contributed by atoms with Crippen molar-refractivity contribution in [1.29, 1.82) is 0 Å². The Labute approximate surface area is 122 Å². The van der Waals surface area contributed by atoms with E-state index >= 15 is 0 Å². The molecule has 0 saturated heterocycles. The van der Waals surface area contributed by atoms with E-state index in [1.165, 1.54) is 18.2 Å². The van der Waals surface area contributed by atoms with E-state index in [4.69, 9.17) is 11.6 Å². The van der Waals surface area contributed by atoms with Crippen LogP contribution in [0.1, 0.15) is 30.5 Å². The number of nitrogens with one attached hydrogen (secondary N) is 1. The Hall–Kier alpha value is -1.45. The van der Waals surface area contributed by atoms with Gasteiger partial charge in [-0.05, 0) is 36.2 Å². The first kappa shape index (κ1) is 14.9. The topological polar surface area (TPSA) is 12.0 Å². The summed E-state index contributed by atoms with van der Waals surface area (Å²) in [4.78, 5) is 0. The zero-order valence-corrected chi connectivity index (χ0v) is 11.9. The van der Waals surface area contributed by atoms with Crippen molar-refractivity contribution in [2.45, 2.75) is 25.9 Å². The summed E-state index contributed by atoms with van der Waals surface area (Å²) in [6, 6.07) is 11.4. The maximum atomic E-state index is 13.6. The molecule has 0 bridgehead atoms. The van der Waals surface area contributed by atoms with Gasteiger partial charge in [-0.1, -0.05) is 36.7 Å². The summed E-state index contributed by atoms with van der Waals surface area (Å²) in [6.07, 6.45) is 0.802. The van der Waals surface area contributed by atoms with Crippen LogP contribution in [0.25, 0.3) is 0 Å². The molecule has 4 heteroatoms. The van der Waals surface area contributed by atoms with Crippen LogP contribution in [0.5, 0.6) is 0 Å². The maximum Gasteiger partial charge on any atom is 0.130 e. The summed E-state index contributed by atoms with van der Waals surface area (Å²) in [5.41, 5.74) is 1.07. The Bertz CT molecular complexity index is 566. The molecule has 0 aliphatic rings. The van der Waals surface area contributed by atoms with Crippen LogP contribution in [0.4, 0.5) is 8.78 Å². The van der Waals surface area contributed by atoms with Gasteiger partial charge in [0.2, 0.25) is 0 Å². The van der Waals surface area contributed by atoms with Crippen LogP contribution in [-0.2, 0) is 6.54 Å². The molecule has 1 unspecified atom stereocenters. The van der Waals surface area contributed by atoms with Gasteiger partial charge < -0.3 is 5.32 Å². The summed E-state index contributed by atoms with van der Waals surface area (Å²) in [5, 5.41) is 3.82. The molecule has 2 rings (SSSR count). The van der Waals surface area contributed by atoms with Crippen molar-refractivity contribution in [3.8, 4) is 0 Å². The van der Waals surface area contributed by atoms with Gasteiger partial charge >= 0.3 is 0 Å². The lowest BCUT2D eigenvalue weighted by atomic mass is 10.0. The van der Waals surface area contributed by atoms with Crippen molar-refractivity contribution in [3.05, 3.63) is 70.2 Å². The fourth-order valence-electron chi connectivity index (χ4n) is 2.15. The van der Waals surface area contributed by atoms with Gasteiger partial charge in [0.25, 0.3) is 0 Å². The molecule has 2 aromatic carbocycles. The van der Waals surface area contributed by atoms with Gasteiger partial charge in [-0.15, -0.1) is 0 Å². The molecule has 106 valence electrons. The lowest BCUT2D eigenvalue weighted by Gasteiger charge is -2.18. The SMILES string of the molecule is CCC(NCc1c(F)cccc1F)c1cccc(Cl)c1. The number of hydrogen-bond acceptors (Lipinski definition) is 1. The van der Waals surface area contributed by atoms with Crippen LogP contribution in [0.3, 0.4) is 0 Å². The first-order valence-electron chi connectivity index (χ1n) is 6.53. The molecule has 0 fully saturated rings. The summed E-state index contributed by atoms with van der Waals surface area (Å²) in [6.45, 7) is 2.15. The van der Waals surface area contributed by atoms with Crippen molar-refractivity contribution in [1.82, 2.24) is 5.32 Å². The lowest BCUT2D eigenvalue weighted by Crippen LogP contribution is -2.21. The normalized spacial score (nSPS) is 12.4. The highest BCUT2D eigenvalue weighted by molar-refractivity contribution is 6.30. The van der Waals surface area contributed by atoms with Gasteiger partial charge in [-0.3, -0.25) is 0 Å². The highest BCUT2D eigenvalue weighted by atomic mass is 35.5. The first-order valence-corrected chi connectivity index (χ1v) is 6.91. The van der Waals surface area contributed by atoms with Crippen LogP contribution in [-0.4, -0.2) is 0 Å². The van der Waals surface area contributed by atoms with Crippen LogP contribution in [0, 0.1) is 11.6 Å². The van der Waals surface area contributed by atoms with Crippen molar-refractivity contribution < 1.29 is 8.78 Å². The number of rotatable bonds is 5. The van der Waals surface area contributed by atoms with Gasteiger partial charge in [-0.25, -0.2) is 8.78 Å². The largest absolute Gasteiger partial charge is 0.306 e. The molecule has 1 atom stereocenters. The first-order chi connectivity index (χ1) is 9.61. The Balaban J connectivity index is 2.12. The second kappa shape index (κ2) is 6.82. The summed E-state index contributed by atoms with van der Waals surface area (Å²) in [5.74, 6) is -1.06. The van der Waals surface area contributed by atoms with E-state index in [2.05, 4.69) is 5.32 Å². The summed E-state index contributed by atoms with van der Waals surface area (Å²) >= 11 is 5.97. The number of halogens is 3. The lowest BCUT2D eigenvalue weighted by molar-refractivity contribution is 0.483. The molecule has 0 spiro atoms. The molecule has 0 aliphatic carbocycles. The highest BCUT2D eigenvalue weighted by Crippen LogP contribution is 2.21. The molecule has 20 heavy (non-hydrogen) atoms. The minimum Gasteiger partial charge on any atom is -0.306 e. The van der Waals surface area contributed by atoms with Crippen molar-refractivity contribution >= 4 is 11.6 Å². The van der Waals surface area contributed by atoms with Crippen LogP contribution in [0.15, 0.2) is 42.5 Å². The third kappa shape index (κ3) is 3.56. The Kier molecular flexibility index (Phi) is 5.10. The fourth-order valence-corrected chi connectivity index (χ4v) is 2.35. The Morgan fingerprint density at radius 3 is 2.35 bits per heavy atom. The minimum absolute atomic E-state index is 0.00714. The van der Waals surface area contributed by atoms with Gasteiger partial charge in [-0.2, -0.15) is 0 Å². The van der Waals surface area contributed by atoms with E-state index in [1.807, 2.05) is 25.1 Å². The zero-order valence-electron chi connectivity index (χ0n) is 11.2. The van der Waals surface area contributed by atoms with Crippen molar-refractivity contribution in [2.24, 2.45) is 0 Å². The van der Waals surface area contributed by atoms with E-state index in [9.17, 15) is 8.78 Å². The molecule has 0 radical (unpaired) electrons. The van der Waals surface area contributed by atoms with Crippen LogP contribution < -0.4 is 5.32 Å². The van der Waals surface area contributed by atoms with Crippen LogP contribution >= 0.6 is 11.6 Å². The second-order valence-corrected chi connectivity index (χ2v) is 5.03. The molecule has 0 aromatic heterocycles. The van der Waals surface area contributed by atoms with E-state index in [0.29, 0.717) is 5.02 Å². The molecule has 0 saturated carbocycles. The van der Waals surface area contributed by atoms with Gasteiger partial charge in [0.05, 0.1) is 0 Å². The highest BCUT2D eigenvalue weighted by Gasteiger charge is 2.13. The number of hydrogen-bond donors (Lipinski definition) is 1. The Morgan fingerprint density at radius 2 is 1.75 bits per heavy atom. The van der Waals surface area contributed by atoms with Gasteiger partial charge in [0, 0.05) is 23.2 Å².